The maximum atomic E-state index is 13.3. The maximum Gasteiger partial charge on any atom is 0.293 e. The fourth-order valence-electron chi connectivity index (χ4n) is 3.35. The van der Waals surface area contributed by atoms with Crippen molar-refractivity contribution in [1.29, 1.82) is 0 Å². The third kappa shape index (κ3) is 5.76. The normalized spacial score (nSPS) is 14.7. The number of imide groups is 1. The van der Waals surface area contributed by atoms with Crippen molar-refractivity contribution in [2.24, 2.45) is 0 Å². The van der Waals surface area contributed by atoms with Gasteiger partial charge in [-0.1, -0.05) is 59.1 Å². The van der Waals surface area contributed by atoms with Gasteiger partial charge in [0.05, 0.1) is 18.6 Å². The molecule has 2 amide bonds. The third-order valence-corrected chi connectivity index (χ3v) is 6.97. The van der Waals surface area contributed by atoms with E-state index in [4.69, 9.17) is 44.3 Å². The van der Waals surface area contributed by atoms with Crippen molar-refractivity contribution in [2.45, 2.75) is 13.2 Å². The molecule has 0 spiro atoms. The predicted molar refractivity (Wildman–Crippen MR) is 137 cm³/mol. The molecule has 0 N–H and O–H groups in total. The molecule has 1 aliphatic heterocycles. The van der Waals surface area contributed by atoms with Crippen molar-refractivity contribution in [3.63, 3.8) is 0 Å². The molecule has 180 valence electrons. The van der Waals surface area contributed by atoms with Gasteiger partial charge in [-0.2, -0.15) is 0 Å². The van der Waals surface area contributed by atoms with E-state index in [9.17, 15) is 14.0 Å². The van der Waals surface area contributed by atoms with Crippen LogP contribution in [0.3, 0.4) is 0 Å². The number of methoxy groups -OCH3 is 1. The van der Waals surface area contributed by atoms with E-state index in [0.29, 0.717) is 38.2 Å². The summed E-state index contributed by atoms with van der Waals surface area (Å²) in [6, 6.07) is 14.1. The SMILES string of the molecule is COc1cccc(/C=C2/SC(=O)N(Cc3ccc(F)cc3Cl)C2=O)c1OCc1ccc(Cl)cc1Cl. The van der Waals surface area contributed by atoms with Crippen LogP contribution in [0.25, 0.3) is 6.08 Å². The summed E-state index contributed by atoms with van der Waals surface area (Å²) in [6.45, 7) is 0.0550. The van der Waals surface area contributed by atoms with Crippen LogP contribution in [0.5, 0.6) is 11.5 Å². The Labute approximate surface area is 220 Å². The number of ether oxygens (including phenoxy) is 2. The Morgan fingerprint density at radius 2 is 1.74 bits per heavy atom. The summed E-state index contributed by atoms with van der Waals surface area (Å²) in [6.07, 6.45) is 1.57. The molecule has 0 unspecified atom stereocenters. The molecule has 1 fully saturated rings. The monoisotopic (exact) mass is 551 g/mol. The summed E-state index contributed by atoms with van der Waals surface area (Å²) in [5.74, 6) is -0.163. The lowest BCUT2D eigenvalue weighted by molar-refractivity contribution is -0.123. The highest BCUT2D eigenvalue weighted by Gasteiger charge is 2.35. The molecule has 0 aliphatic carbocycles. The number of hydrogen-bond acceptors (Lipinski definition) is 5. The van der Waals surface area contributed by atoms with E-state index in [1.54, 1.807) is 42.5 Å². The van der Waals surface area contributed by atoms with Crippen LogP contribution in [0.4, 0.5) is 9.18 Å². The number of carbonyl (C=O) groups excluding carboxylic acids is 2. The minimum absolute atomic E-state index is 0.0718. The number of thioether (sulfide) groups is 1. The number of rotatable bonds is 7. The lowest BCUT2D eigenvalue weighted by Crippen LogP contribution is -2.27. The molecule has 1 aliphatic rings. The maximum absolute atomic E-state index is 13.3. The Bertz CT molecular complexity index is 1350. The van der Waals surface area contributed by atoms with Gasteiger partial charge < -0.3 is 9.47 Å². The van der Waals surface area contributed by atoms with E-state index in [0.717, 1.165) is 22.7 Å². The number of benzene rings is 3. The second-order valence-corrected chi connectivity index (χ2v) is 9.65. The molecule has 3 aromatic carbocycles. The largest absolute Gasteiger partial charge is 0.493 e. The lowest BCUT2D eigenvalue weighted by Gasteiger charge is -2.15. The van der Waals surface area contributed by atoms with Crippen molar-refractivity contribution < 1.29 is 23.5 Å². The van der Waals surface area contributed by atoms with Gasteiger partial charge in [0.15, 0.2) is 11.5 Å². The van der Waals surface area contributed by atoms with Gasteiger partial charge >= 0.3 is 0 Å². The van der Waals surface area contributed by atoms with Gasteiger partial charge in [0.1, 0.15) is 12.4 Å². The predicted octanol–water partition coefficient (Wildman–Crippen LogP) is 7.61. The molecule has 3 aromatic rings. The number of nitrogens with zero attached hydrogens (tertiary/aromatic N) is 1. The van der Waals surface area contributed by atoms with Crippen LogP contribution < -0.4 is 9.47 Å². The number of hydrogen-bond donors (Lipinski definition) is 0. The summed E-state index contributed by atoms with van der Waals surface area (Å²) in [7, 11) is 1.50. The van der Waals surface area contributed by atoms with Crippen molar-refractivity contribution in [2.75, 3.05) is 7.11 Å². The van der Waals surface area contributed by atoms with Crippen LogP contribution >= 0.6 is 46.6 Å². The second kappa shape index (κ2) is 10.9. The van der Waals surface area contributed by atoms with E-state index in [-0.39, 0.29) is 23.1 Å². The molecule has 0 bridgehead atoms. The highest BCUT2D eigenvalue weighted by atomic mass is 35.5. The van der Waals surface area contributed by atoms with E-state index in [1.807, 2.05) is 0 Å². The first-order chi connectivity index (χ1) is 16.8. The standard InChI is InChI=1S/C25H17Cl3FNO4S/c1-33-21-4-2-3-14(23(21)34-13-16-5-7-17(26)10-19(16)27)9-22-24(31)30(25(32)35-22)12-15-6-8-18(29)11-20(15)28/h2-11H,12-13H2,1H3/b22-9+. The average Bonchev–Trinajstić information content (AvgIpc) is 3.08. The molecule has 5 nitrogen and oxygen atoms in total. The van der Waals surface area contributed by atoms with Gasteiger partial charge in [0.25, 0.3) is 11.1 Å². The lowest BCUT2D eigenvalue weighted by atomic mass is 10.1. The summed E-state index contributed by atoms with van der Waals surface area (Å²) < 4.78 is 24.8. The molecule has 4 rings (SSSR count). The van der Waals surface area contributed by atoms with E-state index >= 15 is 0 Å². The third-order valence-electron chi connectivity index (χ3n) is 5.12. The Morgan fingerprint density at radius 1 is 1.00 bits per heavy atom. The van der Waals surface area contributed by atoms with E-state index in [2.05, 4.69) is 0 Å². The highest BCUT2D eigenvalue weighted by Crippen LogP contribution is 2.39. The summed E-state index contributed by atoms with van der Waals surface area (Å²) in [5, 5.41) is 0.640. The minimum Gasteiger partial charge on any atom is -0.493 e. The van der Waals surface area contributed by atoms with Crippen molar-refractivity contribution >= 4 is 63.8 Å². The highest BCUT2D eigenvalue weighted by molar-refractivity contribution is 8.18. The molecular weight excluding hydrogens is 536 g/mol. The minimum atomic E-state index is -0.502. The fraction of sp³-hybridized carbons (Fsp3) is 0.120. The number of para-hydroxylation sites is 1. The van der Waals surface area contributed by atoms with Crippen LogP contribution in [0.2, 0.25) is 15.1 Å². The Kier molecular flexibility index (Phi) is 7.91. The molecule has 0 aromatic heterocycles. The van der Waals surface area contributed by atoms with E-state index < -0.39 is 17.0 Å². The Hall–Kier alpha value is -2.71. The van der Waals surface area contributed by atoms with Crippen molar-refractivity contribution in [1.82, 2.24) is 4.90 Å². The van der Waals surface area contributed by atoms with Gasteiger partial charge in [-0.25, -0.2) is 4.39 Å². The zero-order valence-electron chi connectivity index (χ0n) is 18.2. The van der Waals surface area contributed by atoms with Gasteiger partial charge in [-0.3, -0.25) is 14.5 Å². The molecule has 0 saturated carbocycles. The Morgan fingerprint density at radius 3 is 2.46 bits per heavy atom. The zero-order chi connectivity index (χ0) is 25.1. The van der Waals surface area contributed by atoms with Crippen LogP contribution in [0.1, 0.15) is 16.7 Å². The van der Waals surface area contributed by atoms with Gasteiger partial charge in [0, 0.05) is 26.2 Å². The second-order valence-electron chi connectivity index (χ2n) is 7.41. The van der Waals surface area contributed by atoms with Crippen LogP contribution in [0.15, 0.2) is 59.5 Å². The molecular formula is C25H17Cl3FNO4S. The van der Waals surface area contributed by atoms with Gasteiger partial charge in [-0.05, 0) is 53.7 Å². The van der Waals surface area contributed by atoms with Crippen LogP contribution in [-0.2, 0) is 17.9 Å². The zero-order valence-corrected chi connectivity index (χ0v) is 21.3. The average molecular weight is 553 g/mol. The first-order valence-electron chi connectivity index (χ1n) is 10.2. The first-order valence-corrected chi connectivity index (χ1v) is 12.1. The summed E-state index contributed by atoms with van der Waals surface area (Å²) in [4.78, 5) is 26.9. The number of amides is 2. The topological polar surface area (TPSA) is 55.8 Å². The first kappa shape index (κ1) is 25.4. The van der Waals surface area contributed by atoms with Gasteiger partial charge in [-0.15, -0.1) is 0 Å². The molecule has 1 heterocycles. The summed E-state index contributed by atoms with van der Waals surface area (Å²) >= 11 is 19.1. The molecule has 1 saturated heterocycles. The van der Waals surface area contributed by atoms with Crippen molar-refractivity contribution in [3.05, 3.63) is 97.1 Å². The fourth-order valence-corrected chi connectivity index (χ4v) is 4.87. The number of carbonyl (C=O) groups is 2. The molecule has 0 radical (unpaired) electrons. The smallest absolute Gasteiger partial charge is 0.293 e. The van der Waals surface area contributed by atoms with Gasteiger partial charge in [0.2, 0.25) is 0 Å². The summed E-state index contributed by atoms with van der Waals surface area (Å²) in [5.41, 5.74) is 1.71. The van der Waals surface area contributed by atoms with E-state index in [1.165, 1.54) is 19.2 Å². The quantitative estimate of drug-likeness (QED) is 0.282. The Balaban J connectivity index is 1.60. The number of halogens is 4. The molecule has 35 heavy (non-hydrogen) atoms. The molecule has 0 atom stereocenters. The van der Waals surface area contributed by atoms with Crippen LogP contribution in [-0.4, -0.2) is 23.2 Å². The molecule has 10 heteroatoms. The van der Waals surface area contributed by atoms with Crippen LogP contribution in [0, 0.1) is 5.82 Å². The van der Waals surface area contributed by atoms with Crippen molar-refractivity contribution in [3.8, 4) is 11.5 Å².